The summed E-state index contributed by atoms with van der Waals surface area (Å²) in [6.07, 6.45) is 2.18. The predicted molar refractivity (Wildman–Crippen MR) is 79.1 cm³/mol. The molecule has 1 unspecified atom stereocenters. The largest absolute Gasteiger partial charge is 0.327 e. The molecule has 0 saturated heterocycles. The van der Waals surface area contributed by atoms with E-state index < -0.39 is 0 Å². The molecule has 4 heteroatoms. The molecule has 1 atom stereocenters. The molecule has 0 amide bonds. The van der Waals surface area contributed by atoms with E-state index in [2.05, 4.69) is 25.0 Å². The maximum Gasteiger partial charge on any atom is 0.126 e. The highest BCUT2D eigenvalue weighted by molar-refractivity contribution is 5.19. The molecule has 0 saturated carbocycles. The topological polar surface area (TPSA) is 43.8 Å². The second-order valence-electron chi connectivity index (χ2n) is 5.06. The second-order valence-corrected chi connectivity index (χ2v) is 5.06. The summed E-state index contributed by atoms with van der Waals surface area (Å²) >= 11 is 0. The first-order chi connectivity index (χ1) is 9.63. The Morgan fingerprint density at radius 1 is 1.25 bits per heavy atom. The third-order valence-electron chi connectivity index (χ3n) is 3.49. The van der Waals surface area contributed by atoms with Crippen LogP contribution in [-0.4, -0.2) is 15.8 Å². The van der Waals surface area contributed by atoms with Gasteiger partial charge in [0.1, 0.15) is 5.82 Å². The number of benzene rings is 1. The molecule has 0 radical (unpaired) electrons. The van der Waals surface area contributed by atoms with Gasteiger partial charge in [-0.25, -0.2) is 4.39 Å². The van der Waals surface area contributed by atoms with Crippen molar-refractivity contribution in [3.05, 3.63) is 53.1 Å². The zero-order valence-corrected chi connectivity index (χ0v) is 12.1. The van der Waals surface area contributed by atoms with E-state index in [-0.39, 0.29) is 11.9 Å². The Morgan fingerprint density at radius 2 is 2.00 bits per heavy atom. The van der Waals surface area contributed by atoms with Crippen molar-refractivity contribution >= 4 is 0 Å². The molecule has 0 fully saturated rings. The van der Waals surface area contributed by atoms with Gasteiger partial charge in [0.25, 0.3) is 0 Å². The molecule has 0 bridgehead atoms. The molecule has 0 aliphatic heterocycles. The number of hydrogen-bond donors (Lipinski definition) is 1. The van der Waals surface area contributed by atoms with Crippen LogP contribution in [0.3, 0.4) is 0 Å². The first-order valence-electron chi connectivity index (χ1n) is 7.18. The average Bonchev–Trinajstić information content (AvgIpc) is 2.83. The molecular weight excluding hydrogens is 253 g/mol. The van der Waals surface area contributed by atoms with Crippen LogP contribution in [0.15, 0.2) is 30.3 Å². The van der Waals surface area contributed by atoms with E-state index in [1.807, 2.05) is 10.7 Å². The highest BCUT2D eigenvalue weighted by atomic mass is 19.1. The number of halogens is 1. The van der Waals surface area contributed by atoms with Crippen LogP contribution < -0.4 is 5.73 Å². The highest BCUT2D eigenvalue weighted by Crippen LogP contribution is 2.13. The van der Waals surface area contributed by atoms with Gasteiger partial charge < -0.3 is 5.73 Å². The average molecular weight is 275 g/mol. The summed E-state index contributed by atoms with van der Waals surface area (Å²) in [5, 5.41) is 4.51. The van der Waals surface area contributed by atoms with Crippen LogP contribution in [0.2, 0.25) is 0 Å². The van der Waals surface area contributed by atoms with Gasteiger partial charge in [0.05, 0.1) is 5.69 Å². The molecule has 2 aromatic rings. The summed E-state index contributed by atoms with van der Waals surface area (Å²) < 4.78 is 15.6. The number of aryl methyl sites for hydroxylation is 2. The van der Waals surface area contributed by atoms with Gasteiger partial charge in [-0.15, -0.1) is 0 Å². The zero-order valence-electron chi connectivity index (χ0n) is 12.1. The number of nitrogens with zero attached hydrogens (tertiary/aromatic N) is 2. The molecule has 108 valence electrons. The standard InChI is InChI=1S/C16H22FN3/c1-3-14-11-15(20(4-2)19-14)10-13(18)9-12-7-5-6-8-16(12)17/h5-8,11,13H,3-4,9-10,18H2,1-2H3. The third-order valence-corrected chi connectivity index (χ3v) is 3.49. The maximum absolute atomic E-state index is 13.6. The Labute approximate surface area is 119 Å². The quantitative estimate of drug-likeness (QED) is 0.881. The number of rotatable bonds is 6. The van der Waals surface area contributed by atoms with E-state index in [1.165, 1.54) is 6.07 Å². The van der Waals surface area contributed by atoms with Crippen molar-refractivity contribution in [2.75, 3.05) is 0 Å². The van der Waals surface area contributed by atoms with E-state index in [1.54, 1.807) is 12.1 Å². The van der Waals surface area contributed by atoms with Crippen molar-refractivity contribution < 1.29 is 4.39 Å². The Morgan fingerprint density at radius 3 is 2.65 bits per heavy atom. The minimum Gasteiger partial charge on any atom is -0.327 e. The van der Waals surface area contributed by atoms with Crippen molar-refractivity contribution in [1.29, 1.82) is 0 Å². The van der Waals surface area contributed by atoms with Crippen LogP contribution >= 0.6 is 0 Å². The fraction of sp³-hybridized carbons (Fsp3) is 0.438. The molecule has 0 spiro atoms. The zero-order chi connectivity index (χ0) is 14.5. The molecule has 1 aromatic heterocycles. The second kappa shape index (κ2) is 6.66. The SMILES string of the molecule is CCc1cc(CC(N)Cc2ccccc2F)n(CC)n1. The Bertz CT molecular complexity index is 563. The minimum absolute atomic E-state index is 0.0985. The van der Waals surface area contributed by atoms with E-state index in [4.69, 9.17) is 5.73 Å². The van der Waals surface area contributed by atoms with Crippen LogP contribution in [0.5, 0.6) is 0 Å². The van der Waals surface area contributed by atoms with Gasteiger partial charge in [0.15, 0.2) is 0 Å². The summed E-state index contributed by atoms with van der Waals surface area (Å²) in [5.74, 6) is -0.179. The van der Waals surface area contributed by atoms with Crippen molar-refractivity contribution in [2.24, 2.45) is 5.73 Å². The lowest BCUT2D eigenvalue weighted by Crippen LogP contribution is -2.27. The molecule has 0 aliphatic carbocycles. The summed E-state index contributed by atoms with van der Waals surface area (Å²) in [7, 11) is 0. The summed E-state index contributed by atoms with van der Waals surface area (Å²) in [6.45, 7) is 4.99. The number of hydrogen-bond acceptors (Lipinski definition) is 2. The van der Waals surface area contributed by atoms with E-state index in [0.717, 1.165) is 30.8 Å². The van der Waals surface area contributed by atoms with Gasteiger partial charge in [0, 0.05) is 24.7 Å². The molecule has 1 aromatic carbocycles. The van der Waals surface area contributed by atoms with Gasteiger partial charge in [-0.1, -0.05) is 25.1 Å². The number of nitrogens with two attached hydrogens (primary N) is 1. The Kier molecular flexibility index (Phi) is 4.90. The van der Waals surface area contributed by atoms with Gasteiger partial charge >= 0.3 is 0 Å². The molecule has 3 nitrogen and oxygen atoms in total. The molecule has 0 aliphatic rings. The van der Waals surface area contributed by atoms with Crippen molar-refractivity contribution in [3.8, 4) is 0 Å². The molecule has 20 heavy (non-hydrogen) atoms. The first-order valence-corrected chi connectivity index (χ1v) is 7.18. The molecule has 2 N–H and O–H groups in total. The molecular formula is C16H22FN3. The summed E-state index contributed by atoms with van der Waals surface area (Å²) in [6, 6.07) is 8.82. The van der Waals surface area contributed by atoms with Crippen molar-refractivity contribution in [1.82, 2.24) is 9.78 Å². The lowest BCUT2D eigenvalue weighted by molar-refractivity contribution is 0.555. The van der Waals surface area contributed by atoms with Gasteiger partial charge in [0.2, 0.25) is 0 Å². The Hall–Kier alpha value is -1.68. The molecule has 2 rings (SSSR count). The van der Waals surface area contributed by atoms with Crippen LogP contribution in [0.25, 0.3) is 0 Å². The lowest BCUT2D eigenvalue weighted by atomic mass is 10.0. The van der Waals surface area contributed by atoms with Crippen LogP contribution in [0.1, 0.15) is 30.8 Å². The van der Waals surface area contributed by atoms with Crippen molar-refractivity contribution in [2.45, 2.75) is 45.7 Å². The summed E-state index contributed by atoms with van der Waals surface area (Å²) in [4.78, 5) is 0. The van der Waals surface area contributed by atoms with E-state index in [0.29, 0.717) is 12.0 Å². The van der Waals surface area contributed by atoms with Crippen LogP contribution in [-0.2, 0) is 25.8 Å². The van der Waals surface area contributed by atoms with Crippen LogP contribution in [0.4, 0.5) is 4.39 Å². The predicted octanol–water partition coefficient (Wildman–Crippen LogP) is 2.72. The lowest BCUT2D eigenvalue weighted by Gasteiger charge is -2.13. The fourth-order valence-electron chi connectivity index (χ4n) is 2.41. The highest BCUT2D eigenvalue weighted by Gasteiger charge is 2.12. The monoisotopic (exact) mass is 275 g/mol. The van der Waals surface area contributed by atoms with E-state index in [9.17, 15) is 4.39 Å². The fourth-order valence-corrected chi connectivity index (χ4v) is 2.41. The van der Waals surface area contributed by atoms with Gasteiger partial charge in [-0.2, -0.15) is 5.10 Å². The van der Waals surface area contributed by atoms with Gasteiger partial charge in [-0.3, -0.25) is 4.68 Å². The molecule has 1 heterocycles. The number of aromatic nitrogens is 2. The summed E-state index contributed by atoms with van der Waals surface area (Å²) in [5.41, 5.74) is 9.07. The van der Waals surface area contributed by atoms with Crippen LogP contribution in [0, 0.1) is 5.82 Å². The maximum atomic E-state index is 13.6. The Balaban J connectivity index is 2.06. The minimum atomic E-state index is -0.179. The third kappa shape index (κ3) is 3.45. The smallest absolute Gasteiger partial charge is 0.126 e. The first kappa shape index (κ1) is 14.7. The normalized spacial score (nSPS) is 12.6. The van der Waals surface area contributed by atoms with Gasteiger partial charge in [-0.05, 0) is 37.5 Å². The van der Waals surface area contributed by atoms with Crippen molar-refractivity contribution in [3.63, 3.8) is 0 Å². The van der Waals surface area contributed by atoms with E-state index >= 15 is 0 Å².